The zero-order valence-electron chi connectivity index (χ0n) is 11.6. The molecule has 3 rings (SSSR count). The molecule has 3 nitrogen and oxygen atoms in total. The van der Waals surface area contributed by atoms with Gasteiger partial charge in [-0.25, -0.2) is 18.2 Å². The summed E-state index contributed by atoms with van der Waals surface area (Å²) >= 11 is 0. The molecule has 1 aliphatic rings. The summed E-state index contributed by atoms with van der Waals surface area (Å²) in [6.45, 7) is 0. The number of benzene rings is 1. The fourth-order valence-corrected chi connectivity index (χ4v) is 2.74. The summed E-state index contributed by atoms with van der Waals surface area (Å²) in [5.74, 6) is -2.88. The first kappa shape index (κ1) is 14.6. The monoisotopic (exact) mass is 306 g/mol. The second kappa shape index (κ2) is 5.79. The van der Waals surface area contributed by atoms with Gasteiger partial charge in [-0.2, -0.15) is 0 Å². The number of hydrogen-bond donors (Lipinski definition) is 1. The Morgan fingerprint density at radius 1 is 1.18 bits per heavy atom. The van der Waals surface area contributed by atoms with Crippen LogP contribution in [0.15, 0.2) is 30.5 Å². The van der Waals surface area contributed by atoms with E-state index in [2.05, 4.69) is 10.3 Å². The van der Waals surface area contributed by atoms with Crippen molar-refractivity contribution in [3.8, 4) is 0 Å². The van der Waals surface area contributed by atoms with Crippen molar-refractivity contribution in [2.75, 3.05) is 0 Å². The lowest BCUT2D eigenvalue weighted by molar-refractivity contribution is 0.0923. The molecule has 6 heteroatoms. The summed E-state index contributed by atoms with van der Waals surface area (Å²) in [4.78, 5) is 15.6. The fraction of sp³-hybridized carbons (Fsp3) is 0.250. The largest absolute Gasteiger partial charge is 0.344 e. The van der Waals surface area contributed by atoms with Crippen LogP contribution in [0.1, 0.15) is 40.5 Å². The molecule has 1 atom stereocenters. The van der Waals surface area contributed by atoms with Crippen molar-refractivity contribution in [2.45, 2.75) is 25.3 Å². The predicted octanol–water partition coefficient (Wildman–Crippen LogP) is 3.31. The lowest BCUT2D eigenvalue weighted by atomic mass is 9.87. The van der Waals surface area contributed by atoms with Gasteiger partial charge in [0.05, 0.1) is 12.2 Å². The second-order valence-corrected chi connectivity index (χ2v) is 5.25. The van der Waals surface area contributed by atoms with Crippen molar-refractivity contribution < 1.29 is 18.0 Å². The molecule has 1 amide bonds. The quantitative estimate of drug-likeness (QED) is 0.925. The summed E-state index contributed by atoms with van der Waals surface area (Å²) in [6.07, 6.45) is 3.00. The first-order chi connectivity index (χ1) is 10.5. The Morgan fingerprint density at radius 3 is 2.77 bits per heavy atom. The number of nitrogens with zero attached hydrogens (tertiary/aromatic N) is 1. The van der Waals surface area contributed by atoms with Crippen LogP contribution in [0.25, 0.3) is 0 Å². The molecule has 0 saturated heterocycles. The van der Waals surface area contributed by atoms with Gasteiger partial charge in [0.1, 0.15) is 11.6 Å². The van der Waals surface area contributed by atoms with E-state index in [0.717, 1.165) is 30.2 Å². The molecule has 0 spiro atoms. The zero-order valence-corrected chi connectivity index (χ0v) is 11.6. The van der Waals surface area contributed by atoms with Crippen LogP contribution in [-0.4, -0.2) is 10.9 Å². The Morgan fingerprint density at radius 2 is 2.00 bits per heavy atom. The Kier molecular flexibility index (Phi) is 3.83. The number of hydrogen-bond acceptors (Lipinski definition) is 2. The van der Waals surface area contributed by atoms with E-state index in [9.17, 15) is 18.0 Å². The van der Waals surface area contributed by atoms with E-state index in [4.69, 9.17) is 0 Å². The van der Waals surface area contributed by atoms with E-state index in [-0.39, 0.29) is 11.9 Å². The lowest BCUT2D eigenvalue weighted by Gasteiger charge is -2.26. The molecule has 114 valence electrons. The second-order valence-electron chi connectivity index (χ2n) is 5.25. The third-order valence-corrected chi connectivity index (χ3v) is 3.75. The van der Waals surface area contributed by atoms with Crippen molar-refractivity contribution >= 4 is 5.91 Å². The van der Waals surface area contributed by atoms with Gasteiger partial charge in [-0.15, -0.1) is 0 Å². The van der Waals surface area contributed by atoms with E-state index in [0.29, 0.717) is 12.5 Å². The van der Waals surface area contributed by atoms with Crippen LogP contribution < -0.4 is 5.32 Å². The molecular weight excluding hydrogens is 293 g/mol. The molecule has 0 bridgehead atoms. The normalized spacial score (nSPS) is 17.0. The van der Waals surface area contributed by atoms with Crippen molar-refractivity contribution in [3.63, 3.8) is 0 Å². The number of halogens is 3. The molecule has 0 aliphatic heterocycles. The highest BCUT2D eigenvalue weighted by molar-refractivity contribution is 5.92. The summed E-state index contributed by atoms with van der Waals surface area (Å²) in [5.41, 5.74) is 1.21. The van der Waals surface area contributed by atoms with Gasteiger partial charge in [-0.05, 0) is 42.5 Å². The maximum absolute atomic E-state index is 13.6. The summed E-state index contributed by atoms with van der Waals surface area (Å²) in [6, 6.07) is 4.70. The van der Waals surface area contributed by atoms with Crippen molar-refractivity contribution in [1.82, 2.24) is 10.3 Å². The Balaban J connectivity index is 1.84. The molecule has 22 heavy (non-hydrogen) atoms. The number of carbonyl (C=O) groups is 1. The summed E-state index contributed by atoms with van der Waals surface area (Å²) in [7, 11) is 0. The van der Waals surface area contributed by atoms with Gasteiger partial charge in [-0.1, -0.05) is 6.07 Å². The number of amides is 1. The molecule has 1 heterocycles. The number of fused-ring (bicyclic) bond motifs is 1. The van der Waals surface area contributed by atoms with Crippen LogP contribution in [0.4, 0.5) is 13.2 Å². The van der Waals surface area contributed by atoms with E-state index in [1.807, 2.05) is 0 Å². The van der Waals surface area contributed by atoms with E-state index in [1.165, 1.54) is 12.1 Å². The van der Waals surface area contributed by atoms with Crippen LogP contribution in [0.3, 0.4) is 0 Å². The smallest absolute Gasteiger partial charge is 0.273 e. The van der Waals surface area contributed by atoms with Gasteiger partial charge in [0.15, 0.2) is 11.5 Å². The highest BCUT2D eigenvalue weighted by Crippen LogP contribution is 2.30. The Labute approximate surface area is 125 Å². The molecule has 2 aromatic rings. The van der Waals surface area contributed by atoms with Crippen LogP contribution >= 0.6 is 0 Å². The topological polar surface area (TPSA) is 42.0 Å². The van der Waals surface area contributed by atoms with Gasteiger partial charge in [-0.3, -0.25) is 4.79 Å². The molecule has 0 radical (unpaired) electrons. The van der Waals surface area contributed by atoms with Crippen LogP contribution in [0.2, 0.25) is 0 Å². The minimum Gasteiger partial charge on any atom is -0.344 e. The van der Waals surface area contributed by atoms with Crippen molar-refractivity contribution in [1.29, 1.82) is 0 Å². The Bertz CT molecular complexity index is 733. The minimum atomic E-state index is -1.01. The Hall–Kier alpha value is -2.37. The van der Waals surface area contributed by atoms with E-state index >= 15 is 0 Å². The van der Waals surface area contributed by atoms with Crippen LogP contribution in [-0.2, 0) is 6.42 Å². The number of aryl methyl sites for hydroxylation is 1. The standard InChI is InChI=1S/C16H13F3N2O/c17-10-4-5-12-9(6-10)2-1-3-14(12)21-16(22)15-13(19)7-11(18)8-20-15/h4-8,14H,1-3H2,(H,21,22). The predicted molar refractivity (Wildman–Crippen MR) is 73.7 cm³/mol. The first-order valence-corrected chi connectivity index (χ1v) is 6.95. The maximum Gasteiger partial charge on any atom is 0.273 e. The third kappa shape index (κ3) is 2.81. The summed E-state index contributed by atoms with van der Waals surface area (Å²) in [5, 5.41) is 2.68. The number of pyridine rings is 1. The zero-order chi connectivity index (χ0) is 15.7. The number of nitrogens with one attached hydrogen (secondary N) is 1. The first-order valence-electron chi connectivity index (χ1n) is 6.95. The molecule has 1 unspecified atom stereocenters. The highest BCUT2D eigenvalue weighted by atomic mass is 19.1. The average molecular weight is 306 g/mol. The van der Waals surface area contributed by atoms with E-state index in [1.54, 1.807) is 6.07 Å². The summed E-state index contributed by atoms with van der Waals surface area (Å²) < 4.78 is 39.7. The van der Waals surface area contributed by atoms with E-state index < -0.39 is 23.2 Å². The van der Waals surface area contributed by atoms with Gasteiger partial charge in [0.2, 0.25) is 0 Å². The lowest BCUT2D eigenvalue weighted by Crippen LogP contribution is -2.32. The van der Waals surface area contributed by atoms with Gasteiger partial charge in [0.25, 0.3) is 5.91 Å². The number of aromatic nitrogens is 1. The van der Waals surface area contributed by atoms with Gasteiger partial charge in [0, 0.05) is 6.07 Å². The van der Waals surface area contributed by atoms with Crippen molar-refractivity contribution in [3.05, 3.63) is 64.7 Å². The van der Waals surface area contributed by atoms with Crippen LogP contribution in [0.5, 0.6) is 0 Å². The molecular formula is C16H13F3N2O. The molecule has 0 fully saturated rings. The molecule has 1 aromatic carbocycles. The fourth-order valence-electron chi connectivity index (χ4n) is 2.74. The third-order valence-electron chi connectivity index (χ3n) is 3.75. The van der Waals surface area contributed by atoms with Gasteiger partial charge >= 0.3 is 0 Å². The maximum atomic E-state index is 13.6. The average Bonchev–Trinajstić information content (AvgIpc) is 2.47. The molecule has 1 aromatic heterocycles. The molecule has 0 saturated carbocycles. The SMILES string of the molecule is O=C(NC1CCCc2cc(F)ccc21)c1ncc(F)cc1F. The number of rotatable bonds is 2. The highest BCUT2D eigenvalue weighted by Gasteiger charge is 2.24. The number of carbonyl (C=O) groups excluding carboxylic acids is 1. The van der Waals surface area contributed by atoms with Crippen LogP contribution in [0, 0.1) is 17.5 Å². The molecule has 1 N–H and O–H groups in total. The minimum absolute atomic E-state index is 0.322. The molecule has 1 aliphatic carbocycles. The van der Waals surface area contributed by atoms with Crippen molar-refractivity contribution in [2.24, 2.45) is 0 Å². The van der Waals surface area contributed by atoms with Gasteiger partial charge < -0.3 is 5.32 Å².